The highest BCUT2D eigenvalue weighted by Gasteiger charge is 2.19. The Labute approximate surface area is 56.3 Å². The number of aliphatic hydroxyl groups is 1. The van der Waals surface area contributed by atoms with E-state index in [2.05, 4.69) is 12.2 Å². The van der Waals surface area contributed by atoms with E-state index in [4.69, 9.17) is 0 Å². The molecule has 0 spiro atoms. The van der Waals surface area contributed by atoms with Crippen molar-refractivity contribution in [3.63, 3.8) is 0 Å². The highest BCUT2D eigenvalue weighted by atomic mass is 16.3. The van der Waals surface area contributed by atoms with Crippen LogP contribution in [0, 0.1) is 5.92 Å². The van der Waals surface area contributed by atoms with Crippen LogP contribution in [0.4, 0.5) is 0 Å². The molecule has 2 nitrogen and oxygen atoms in total. The quantitative estimate of drug-likeness (QED) is 0.536. The topological polar surface area (TPSA) is 32.3 Å². The number of hydrogen-bond donors (Lipinski definition) is 2. The van der Waals surface area contributed by atoms with Gasteiger partial charge < -0.3 is 10.4 Å². The van der Waals surface area contributed by atoms with E-state index in [9.17, 15) is 5.11 Å². The molecule has 0 aromatic heterocycles. The zero-order chi connectivity index (χ0) is 6.69. The summed E-state index contributed by atoms with van der Waals surface area (Å²) < 4.78 is 0. The predicted molar refractivity (Wildman–Crippen MR) is 37.3 cm³/mol. The maximum Gasteiger partial charge on any atom is 0.0592 e. The standard InChI is InChI=1S/C7H15NO/c1-2-6-5-8-4-3-7(6)9/h6-9H,2-5H2,1H3. The molecule has 1 heterocycles. The van der Waals surface area contributed by atoms with Crippen LogP contribution in [0.15, 0.2) is 0 Å². The lowest BCUT2D eigenvalue weighted by molar-refractivity contribution is 0.0771. The van der Waals surface area contributed by atoms with E-state index < -0.39 is 0 Å². The summed E-state index contributed by atoms with van der Waals surface area (Å²) in [6, 6.07) is 0. The van der Waals surface area contributed by atoms with Gasteiger partial charge in [-0.25, -0.2) is 0 Å². The molecule has 9 heavy (non-hydrogen) atoms. The van der Waals surface area contributed by atoms with Gasteiger partial charge in [-0.15, -0.1) is 0 Å². The Morgan fingerprint density at radius 2 is 2.44 bits per heavy atom. The molecule has 0 aromatic carbocycles. The van der Waals surface area contributed by atoms with E-state index in [1.165, 1.54) is 0 Å². The lowest BCUT2D eigenvalue weighted by atomic mass is 9.94. The van der Waals surface area contributed by atoms with E-state index in [1.807, 2.05) is 0 Å². The minimum Gasteiger partial charge on any atom is -0.393 e. The molecule has 1 aliphatic heterocycles. The maximum absolute atomic E-state index is 9.33. The van der Waals surface area contributed by atoms with Gasteiger partial charge in [0.1, 0.15) is 0 Å². The van der Waals surface area contributed by atoms with Crippen LogP contribution in [0.2, 0.25) is 0 Å². The minimum atomic E-state index is -0.0451. The van der Waals surface area contributed by atoms with Crippen LogP contribution in [-0.4, -0.2) is 24.3 Å². The smallest absolute Gasteiger partial charge is 0.0592 e. The van der Waals surface area contributed by atoms with Gasteiger partial charge >= 0.3 is 0 Å². The summed E-state index contributed by atoms with van der Waals surface area (Å²) >= 11 is 0. The molecule has 0 bridgehead atoms. The highest BCUT2D eigenvalue weighted by molar-refractivity contribution is 4.75. The first-order chi connectivity index (χ1) is 4.34. The molecular formula is C7H15NO. The Kier molecular flexibility index (Phi) is 2.49. The van der Waals surface area contributed by atoms with E-state index in [0.717, 1.165) is 25.9 Å². The van der Waals surface area contributed by atoms with Gasteiger partial charge in [-0.1, -0.05) is 6.92 Å². The van der Waals surface area contributed by atoms with Gasteiger partial charge in [0.25, 0.3) is 0 Å². The molecule has 1 fully saturated rings. The van der Waals surface area contributed by atoms with E-state index >= 15 is 0 Å². The Morgan fingerprint density at radius 3 is 2.89 bits per heavy atom. The fourth-order valence-corrected chi connectivity index (χ4v) is 1.33. The molecular weight excluding hydrogens is 114 g/mol. The first kappa shape index (κ1) is 7.03. The molecule has 54 valence electrons. The number of hydrogen-bond acceptors (Lipinski definition) is 2. The molecule has 0 aliphatic carbocycles. The second kappa shape index (κ2) is 3.18. The number of rotatable bonds is 1. The highest BCUT2D eigenvalue weighted by Crippen LogP contribution is 2.13. The first-order valence-electron chi connectivity index (χ1n) is 3.73. The Bertz CT molecular complexity index is 85.0. The first-order valence-corrected chi connectivity index (χ1v) is 3.73. The molecule has 1 rings (SSSR count). The third-order valence-electron chi connectivity index (χ3n) is 2.09. The Morgan fingerprint density at radius 1 is 1.67 bits per heavy atom. The van der Waals surface area contributed by atoms with Gasteiger partial charge in [0.05, 0.1) is 6.10 Å². The molecule has 1 saturated heterocycles. The summed E-state index contributed by atoms with van der Waals surface area (Å²) in [7, 11) is 0. The SMILES string of the molecule is CCC1CNCCC1O. The van der Waals surface area contributed by atoms with E-state index in [0.29, 0.717) is 5.92 Å². The lowest BCUT2D eigenvalue weighted by Gasteiger charge is -2.26. The van der Waals surface area contributed by atoms with Crippen LogP contribution < -0.4 is 5.32 Å². The third kappa shape index (κ3) is 1.66. The molecule has 2 N–H and O–H groups in total. The van der Waals surface area contributed by atoms with Crippen molar-refractivity contribution in [1.29, 1.82) is 0 Å². The van der Waals surface area contributed by atoms with Gasteiger partial charge in [0, 0.05) is 6.54 Å². The zero-order valence-electron chi connectivity index (χ0n) is 5.93. The van der Waals surface area contributed by atoms with Crippen molar-refractivity contribution in [3.8, 4) is 0 Å². The van der Waals surface area contributed by atoms with Crippen molar-refractivity contribution < 1.29 is 5.11 Å². The van der Waals surface area contributed by atoms with Crippen LogP contribution in [0.25, 0.3) is 0 Å². The Hall–Kier alpha value is -0.0800. The summed E-state index contributed by atoms with van der Waals surface area (Å²) in [6.45, 7) is 4.11. The molecule has 2 heteroatoms. The number of aliphatic hydroxyl groups excluding tert-OH is 1. The number of piperidine rings is 1. The average Bonchev–Trinajstić information content (AvgIpc) is 1.89. The van der Waals surface area contributed by atoms with E-state index in [1.54, 1.807) is 0 Å². The van der Waals surface area contributed by atoms with Crippen LogP contribution >= 0.6 is 0 Å². The summed E-state index contributed by atoms with van der Waals surface area (Å²) in [5.41, 5.74) is 0. The van der Waals surface area contributed by atoms with Crippen LogP contribution in [0.5, 0.6) is 0 Å². The fourth-order valence-electron chi connectivity index (χ4n) is 1.33. The Balaban J connectivity index is 2.30. The summed E-state index contributed by atoms with van der Waals surface area (Å²) in [6.07, 6.45) is 1.98. The van der Waals surface area contributed by atoms with Crippen LogP contribution in [-0.2, 0) is 0 Å². The monoisotopic (exact) mass is 129 g/mol. The minimum absolute atomic E-state index is 0.0451. The van der Waals surface area contributed by atoms with Crippen LogP contribution in [0.1, 0.15) is 19.8 Å². The second-order valence-electron chi connectivity index (χ2n) is 2.73. The number of nitrogens with one attached hydrogen (secondary N) is 1. The second-order valence-corrected chi connectivity index (χ2v) is 2.73. The van der Waals surface area contributed by atoms with Gasteiger partial charge in [0.2, 0.25) is 0 Å². The van der Waals surface area contributed by atoms with Crippen molar-refractivity contribution in [3.05, 3.63) is 0 Å². The molecule has 0 radical (unpaired) electrons. The maximum atomic E-state index is 9.33. The fraction of sp³-hybridized carbons (Fsp3) is 1.00. The summed E-state index contributed by atoms with van der Waals surface area (Å²) in [5.74, 6) is 0.499. The average molecular weight is 129 g/mol. The molecule has 0 aromatic rings. The van der Waals surface area contributed by atoms with Crippen LogP contribution in [0.3, 0.4) is 0 Å². The molecule has 2 atom stereocenters. The van der Waals surface area contributed by atoms with Crippen molar-refractivity contribution in [2.45, 2.75) is 25.9 Å². The summed E-state index contributed by atoms with van der Waals surface area (Å²) in [5, 5.41) is 12.6. The molecule has 0 saturated carbocycles. The summed E-state index contributed by atoms with van der Waals surface area (Å²) in [4.78, 5) is 0. The third-order valence-corrected chi connectivity index (χ3v) is 2.09. The van der Waals surface area contributed by atoms with Crippen molar-refractivity contribution in [2.75, 3.05) is 13.1 Å². The van der Waals surface area contributed by atoms with Gasteiger partial charge in [-0.2, -0.15) is 0 Å². The van der Waals surface area contributed by atoms with Crippen molar-refractivity contribution >= 4 is 0 Å². The van der Waals surface area contributed by atoms with Gasteiger partial charge in [0.15, 0.2) is 0 Å². The van der Waals surface area contributed by atoms with E-state index in [-0.39, 0.29) is 6.10 Å². The normalized spacial score (nSPS) is 36.7. The predicted octanol–water partition coefficient (Wildman–Crippen LogP) is 0.367. The van der Waals surface area contributed by atoms with Crippen molar-refractivity contribution in [1.82, 2.24) is 5.32 Å². The molecule has 1 aliphatic rings. The lowest BCUT2D eigenvalue weighted by Crippen LogP contribution is -2.39. The largest absolute Gasteiger partial charge is 0.393 e. The zero-order valence-corrected chi connectivity index (χ0v) is 5.93. The van der Waals surface area contributed by atoms with Gasteiger partial charge in [-0.05, 0) is 25.3 Å². The molecule has 0 amide bonds. The van der Waals surface area contributed by atoms with Gasteiger partial charge in [-0.3, -0.25) is 0 Å². The molecule has 2 unspecified atom stereocenters. The van der Waals surface area contributed by atoms with Crippen molar-refractivity contribution in [2.24, 2.45) is 5.92 Å².